The van der Waals surface area contributed by atoms with Crippen molar-refractivity contribution in [1.82, 2.24) is 4.90 Å². The molecule has 0 spiro atoms. The number of nitrogens with zero attached hydrogens (tertiary/aromatic N) is 2. The van der Waals surface area contributed by atoms with E-state index in [4.69, 9.17) is 5.73 Å². The molecule has 0 saturated carbocycles. The van der Waals surface area contributed by atoms with Crippen molar-refractivity contribution >= 4 is 5.71 Å². The Labute approximate surface area is 74.0 Å². The molecule has 0 amide bonds. The maximum absolute atomic E-state index is 5.30. The molecule has 2 N–H and O–H groups in total. The average molecular weight is 167 g/mol. The van der Waals surface area contributed by atoms with Gasteiger partial charge in [-0.25, -0.2) is 0 Å². The average Bonchev–Trinajstić information content (AvgIpc) is 2.05. The van der Waals surface area contributed by atoms with Crippen molar-refractivity contribution in [3.63, 3.8) is 0 Å². The number of aliphatic imine (C=N–C) groups is 1. The summed E-state index contributed by atoms with van der Waals surface area (Å²) >= 11 is 0. The Bertz CT molecular complexity index is 194. The van der Waals surface area contributed by atoms with E-state index in [1.807, 2.05) is 6.08 Å². The van der Waals surface area contributed by atoms with Crippen LogP contribution in [0.2, 0.25) is 0 Å². The zero-order chi connectivity index (χ0) is 8.97. The van der Waals surface area contributed by atoms with E-state index in [0.717, 1.165) is 25.3 Å². The molecule has 0 aromatic rings. The van der Waals surface area contributed by atoms with Crippen molar-refractivity contribution in [1.29, 1.82) is 0 Å². The normalized spacial score (nSPS) is 20.4. The first-order valence-electron chi connectivity index (χ1n) is 4.39. The summed E-state index contributed by atoms with van der Waals surface area (Å²) in [5.74, 6) is 0. The Morgan fingerprint density at radius 1 is 1.58 bits per heavy atom. The van der Waals surface area contributed by atoms with Crippen LogP contribution in [0.1, 0.15) is 13.8 Å². The van der Waals surface area contributed by atoms with E-state index in [0.29, 0.717) is 6.04 Å². The van der Waals surface area contributed by atoms with E-state index in [1.54, 1.807) is 6.20 Å². The fourth-order valence-corrected chi connectivity index (χ4v) is 1.32. The molecule has 1 rings (SSSR count). The van der Waals surface area contributed by atoms with Gasteiger partial charge in [0.05, 0.1) is 12.3 Å². The lowest BCUT2D eigenvalue weighted by molar-refractivity contribution is 0.253. The van der Waals surface area contributed by atoms with E-state index in [9.17, 15) is 0 Å². The minimum atomic E-state index is 0.599. The Kier molecular flexibility index (Phi) is 3.29. The van der Waals surface area contributed by atoms with E-state index in [2.05, 4.69) is 23.7 Å². The molecule has 0 bridgehead atoms. The number of rotatable bonds is 2. The van der Waals surface area contributed by atoms with E-state index < -0.39 is 0 Å². The summed E-state index contributed by atoms with van der Waals surface area (Å²) in [5.41, 5.74) is 6.40. The highest BCUT2D eigenvalue weighted by molar-refractivity contribution is 5.96. The molecule has 12 heavy (non-hydrogen) atoms. The van der Waals surface area contributed by atoms with E-state index in [1.165, 1.54) is 0 Å². The first-order chi connectivity index (χ1) is 5.74. The third kappa shape index (κ3) is 2.34. The fraction of sp³-hybridized carbons (Fsp3) is 0.667. The predicted molar refractivity (Wildman–Crippen MR) is 52.3 cm³/mol. The van der Waals surface area contributed by atoms with Gasteiger partial charge in [-0.15, -0.1) is 0 Å². The highest BCUT2D eigenvalue weighted by atomic mass is 15.2. The van der Waals surface area contributed by atoms with Crippen LogP contribution in [-0.2, 0) is 0 Å². The second kappa shape index (κ2) is 4.26. The van der Waals surface area contributed by atoms with E-state index >= 15 is 0 Å². The Balaban J connectivity index is 2.53. The van der Waals surface area contributed by atoms with Gasteiger partial charge >= 0.3 is 0 Å². The topological polar surface area (TPSA) is 41.6 Å². The van der Waals surface area contributed by atoms with Crippen LogP contribution in [0, 0.1) is 0 Å². The molecule has 3 heteroatoms. The third-order valence-electron chi connectivity index (χ3n) is 2.09. The first-order valence-corrected chi connectivity index (χ1v) is 4.39. The van der Waals surface area contributed by atoms with Gasteiger partial charge in [0.25, 0.3) is 0 Å². The van der Waals surface area contributed by atoms with Crippen molar-refractivity contribution in [2.24, 2.45) is 10.7 Å². The zero-order valence-corrected chi connectivity index (χ0v) is 7.83. The van der Waals surface area contributed by atoms with E-state index in [-0.39, 0.29) is 0 Å². The summed E-state index contributed by atoms with van der Waals surface area (Å²) in [7, 11) is 0. The van der Waals surface area contributed by atoms with Crippen molar-refractivity contribution in [2.45, 2.75) is 19.9 Å². The van der Waals surface area contributed by atoms with Crippen molar-refractivity contribution in [3.8, 4) is 0 Å². The standard InChI is InChI=1S/C9H17N3/c1-8(2)12-6-5-11-9(7-12)3-4-10/h3-4,8H,5-7,10H2,1-2H3. The molecular weight excluding hydrogens is 150 g/mol. The fourth-order valence-electron chi connectivity index (χ4n) is 1.32. The minimum Gasteiger partial charge on any atom is -0.405 e. The Morgan fingerprint density at radius 3 is 2.92 bits per heavy atom. The van der Waals surface area contributed by atoms with Crippen LogP contribution in [0.4, 0.5) is 0 Å². The predicted octanol–water partition coefficient (Wildman–Crippen LogP) is 0.624. The summed E-state index contributed by atoms with van der Waals surface area (Å²) in [6.07, 6.45) is 3.44. The molecular formula is C9H17N3. The summed E-state index contributed by atoms with van der Waals surface area (Å²) in [4.78, 5) is 6.75. The largest absolute Gasteiger partial charge is 0.405 e. The van der Waals surface area contributed by atoms with Crippen LogP contribution >= 0.6 is 0 Å². The molecule has 0 atom stereocenters. The van der Waals surface area contributed by atoms with Gasteiger partial charge in [0.15, 0.2) is 0 Å². The summed E-state index contributed by atoms with van der Waals surface area (Å²) in [5, 5.41) is 0. The van der Waals surface area contributed by atoms with Gasteiger partial charge in [0.1, 0.15) is 0 Å². The molecule has 1 heterocycles. The molecule has 3 nitrogen and oxygen atoms in total. The van der Waals surface area contributed by atoms with Gasteiger partial charge in [0, 0.05) is 19.1 Å². The maximum Gasteiger partial charge on any atom is 0.0520 e. The summed E-state index contributed by atoms with van der Waals surface area (Å²) in [6.45, 7) is 7.31. The molecule has 0 radical (unpaired) electrons. The quantitative estimate of drug-likeness (QED) is 0.655. The summed E-state index contributed by atoms with van der Waals surface area (Å²) in [6, 6.07) is 0.599. The van der Waals surface area contributed by atoms with Crippen LogP contribution < -0.4 is 5.73 Å². The molecule has 0 aliphatic carbocycles. The second-order valence-corrected chi connectivity index (χ2v) is 3.30. The Morgan fingerprint density at radius 2 is 2.33 bits per heavy atom. The lowest BCUT2D eigenvalue weighted by Gasteiger charge is -2.28. The smallest absolute Gasteiger partial charge is 0.0520 e. The van der Waals surface area contributed by atoms with Crippen molar-refractivity contribution < 1.29 is 0 Å². The third-order valence-corrected chi connectivity index (χ3v) is 2.09. The lowest BCUT2D eigenvalue weighted by atomic mass is 10.2. The molecule has 0 aromatic carbocycles. The molecule has 0 unspecified atom stereocenters. The van der Waals surface area contributed by atoms with Gasteiger partial charge in [-0.2, -0.15) is 0 Å². The highest BCUT2D eigenvalue weighted by Crippen LogP contribution is 2.03. The number of nitrogens with two attached hydrogens (primary N) is 1. The van der Waals surface area contributed by atoms with Crippen molar-refractivity contribution in [3.05, 3.63) is 12.3 Å². The molecule has 0 aromatic heterocycles. The van der Waals surface area contributed by atoms with Gasteiger partial charge in [-0.1, -0.05) is 0 Å². The monoisotopic (exact) mass is 167 g/mol. The molecule has 68 valence electrons. The van der Waals surface area contributed by atoms with Crippen molar-refractivity contribution in [2.75, 3.05) is 19.6 Å². The molecule has 1 aliphatic heterocycles. The SMILES string of the molecule is CC(C)N1CCN=C(C=CN)C1. The molecule has 0 fully saturated rings. The maximum atomic E-state index is 5.30. The Hall–Kier alpha value is -0.830. The van der Waals surface area contributed by atoms with Gasteiger partial charge in [-0.05, 0) is 26.1 Å². The number of hydrogen-bond acceptors (Lipinski definition) is 3. The van der Waals surface area contributed by atoms with Crippen LogP contribution in [0.3, 0.4) is 0 Å². The number of hydrogen-bond donors (Lipinski definition) is 1. The van der Waals surface area contributed by atoms with Gasteiger partial charge in [0.2, 0.25) is 0 Å². The van der Waals surface area contributed by atoms with Crippen LogP contribution in [0.25, 0.3) is 0 Å². The van der Waals surface area contributed by atoms with Crippen LogP contribution in [0.5, 0.6) is 0 Å². The second-order valence-electron chi connectivity index (χ2n) is 3.30. The summed E-state index contributed by atoms with van der Waals surface area (Å²) < 4.78 is 0. The minimum absolute atomic E-state index is 0.599. The van der Waals surface area contributed by atoms with Gasteiger partial charge in [-0.3, -0.25) is 9.89 Å². The van der Waals surface area contributed by atoms with Crippen LogP contribution in [-0.4, -0.2) is 36.3 Å². The first kappa shape index (κ1) is 9.26. The molecule has 0 saturated heterocycles. The molecule has 1 aliphatic rings. The van der Waals surface area contributed by atoms with Gasteiger partial charge < -0.3 is 5.73 Å². The zero-order valence-electron chi connectivity index (χ0n) is 7.83. The lowest BCUT2D eigenvalue weighted by Crippen LogP contribution is -2.40. The van der Waals surface area contributed by atoms with Crippen LogP contribution in [0.15, 0.2) is 17.3 Å². The highest BCUT2D eigenvalue weighted by Gasteiger charge is 2.14.